The SMILES string of the molecule is CN=C(NCCc1ccc(OC)c(OC)c1OC)NCc1ccc2c(c1)OCO2. The van der Waals surface area contributed by atoms with Gasteiger partial charge in [-0.05, 0) is 30.2 Å². The molecule has 0 radical (unpaired) electrons. The molecule has 1 aliphatic heterocycles. The van der Waals surface area contributed by atoms with Gasteiger partial charge in [0.05, 0.1) is 21.3 Å². The normalized spacial score (nSPS) is 12.5. The zero-order valence-electron chi connectivity index (χ0n) is 17.2. The molecule has 0 fully saturated rings. The summed E-state index contributed by atoms with van der Waals surface area (Å²) in [7, 11) is 6.57. The number of guanidine groups is 1. The molecule has 0 bridgehead atoms. The molecular weight excluding hydrogens is 374 g/mol. The van der Waals surface area contributed by atoms with E-state index in [1.807, 2.05) is 30.3 Å². The van der Waals surface area contributed by atoms with Gasteiger partial charge >= 0.3 is 0 Å². The van der Waals surface area contributed by atoms with Gasteiger partial charge in [0.25, 0.3) is 0 Å². The molecule has 0 unspecified atom stereocenters. The second-order valence-corrected chi connectivity index (χ2v) is 6.28. The van der Waals surface area contributed by atoms with E-state index in [1.54, 1.807) is 28.4 Å². The summed E-state index contributed by atoms with van der Waals surface area (Å²) in [5.41, 5.74) is 2.10. The fourth-order valence-electron chi connectivity index (χ4n) is 3.13. The third-order valence-corrected chi connectivity index (χ3v) is 4.59. The topological polar surface area (TPSA) is 82.6 Å². The average molecular weight is 401 g/mol. The number of nitrogens with one attached hydrogen (secondary N) is 2. The van der Waals surface area contributed by atoms with Gasteiger partial charge in [-0.15, -0.1) is 0 Å². The molecule has 1 aliphatic rings. The van der Waals surface area contributed by atoms with Crippen LogP contribution >= 0.6 is 0 Å². The van der Waals surface area contributed by atoms with Crippen LogP contribution < -0.4 is 34.3 Å². The van der Waals surface area contributed by atoms with E-state index < -0.39 is 0 Å². The highest BCUT2D eigenvalue weighted by molar-refractivity contribution is 5.79. The summed E-state index contributed by atoms with van der Waals surface area (Å²) >= 11 is 0. The Labute approximate surface area is 170 Å². The molecule has 0 atom stereocenters. The molecular formula is C21H27N3O5. The molecule has 29 heavy (non-hydrogen) atoms. The molecule has 3 rings (SSSR count). The highest BCUT2D eigenvalue weighted by atomic mass is 16.7. The number of hydrogen-bond donors (Lipinski definition) is 2. The van der Waals surface area contributed by atoms with Crippen molar-refractivity contribution in [3.8, 4) is 28.7 Å². The standard InChI is InChI=1S/C21H27N3O5/c1-22-21(24-12-14-5-7-16-18(11-14)29-13-28-16)23-10-9-15-6-8-17(25-2)20(27-4)19(15)26-3/h5-8,11H,9-10,12-13H2,1-4H3,(H2,22,23,24). The number of methoxy groups -OCH3 is 3. The van der Waals surface area contributed by atoms with Gasteiger partial charge in [0.2, 0.25) is 12.5 Å². The van der Waals surface area contributed by atoms with Crippen molar-refractivity contribution in [1.29, 1.82) is 0 Å². The van der Waals surface area contributed by atoms with E-state index in [-0.39, 0.29) is 6.79 Å². The molecule has 0 aromatic heterocycles. The van der Waals surface area contributed by atoms with Gasteiger partial charge in [0.1, 0.15) is 0 Å². The minimum absolute atomic E-state index is 0.273. The minimum Gasteiger partial charge on any atom is -0.493 e. The Kier molecular flexibility index (Phi) is 6.89. The van der Waals surface area contributed by atoms with Crippen molar-refractivity contribution in [3.05, 3.63) is 41.5 Å². The molecule has 0 aliphatic carbocycles. The Morgan fingerprint density at radius 2 is 1.76 bits per heavy atom. The Bertz CT molecular complexity index is 870. The van der Waals surface area contributed by atoms with Gasteiger partial charge < -0.3 is 34.3 Å². The van der Waals surface area contributed by atoms with E-state index >= 15 is 0 Å². The van der Waals surface area contributed by atoms with Crippen LogP contribution in [0.1, 0.15) is 11.1 Å². The second-order valence-electron chi connectivity index (χ2n) is 6.28. The number of benzene rings is 2. The molecule has 0 amide bonds. The molecule has 2 N–H and O–H groups in total. The first-order valence-corrected chi connectivity index (χ1v) is 9.31. The average Bonchev–Trinajstić information content (AvgIpc) is 3.23. The maximum atomic E-state index is 5.53. The van der Waals surface area contributed by atoms with Crippen molar-refractivity contribution in [1.82, 2.24) is 10.6 Å². The highest BCUT2D eigenvalue weighted by Gasteiger charge is 2.16. The molecule has 8 heteroatoms. The lowest BCUT2D eigenvalue weighted by Gasteiger charge is -2.16. The number of nitrogens with zero attached hydrogens (tertiary/aromatic N) is 1. The Balaban J connectivity index is 1.55. The van der Waals surface area contributed by atoms with Crippen molar-refractivity contribution in [2.75, 3.05) is 41.7 Å². The molecule has 0 spiro atoms. The maximum Gasteiger partial charge on any atom is 0.231 e. The quantitative estimate of drug-likeness (QED) is 0.519. The minimum atomic E-state index is 0.273. The number of ether oxygens (including phenoxy) is 5. The van der Waals surface area contributed by atoms with Crippen molar-refractivity contribution in [3.63, 3.8) is 0 Å². The smallest absolute Gasteiger partial charge is 0.231 e. The van der Waals surface area contributed by atoms with Gasteiger partial charge in [-0.25, -0.2) is 0 Å². The van der Waals surface area contributed by atoms with Gasteiger partial charge in [-0.1, -0.05) is 12.1 Å². The van der Waals surface area contributed by atoms with Crippen molar-refractivity contribution in [2.45, 2.75) is 13.0 Å². The largest absolute Gasteiger partial charge is 0.493 e. The Morgan fingerprint density at radius 1 is 0.966 bits per heavy atom. The first kappa shape index (κ1) is 20.4. The van der Waals surface area contributed by atoms with Crippen LogP contribution in [0.5, 0.6) is 28.7 Å². The summed E-state index contributed by atoms with van der Waals surface area (Å²) in [4.78, 5) is 4.27. The van der Waals surface area contributed by atoms with E-state index in [4.69, 9.17) is 23.7 Å². The van der Waals surface area contributed by atoms with Crippen LogP contribution in [0, 0.1) is 0 Å². The lowest BCUT2D eigenvalue weighted by atomic mass is 10.1. The fraction of sp³-hybridized carbons (Fsp3) is 0.381. The third-order valence-electron chi connectivity index (χ3n) is 4.59. The van der Waals surface area contributed by atoms with E-state index in [0.717, 1.165) is 29.0 Å². The van der Waals surface area contributed by atoms with Gasteiger partial charge in [-0.3, -0.25) is 4.99 Å². The zero-order chi connectivity index (χ0) is 20.6. The van der Waals surface area contributed by atoms with Crippen LogP contribution in [0.15, 0.2) is 35.3 Å². The number of rotatable bonds is 8. The molecule has 8 nitrogen and oxygen atoms in total. The highest BCUT2D eigenvalue weighted by Crippen LogP contribution is 2.39. The van der Waals surface area contributed by atoms with Crippen molar-refractivity contribution >= 4 is 5.96 Å². The number of hydrogen-bond acceptors (Lipinski definition) is 6. The summed E-state index contributed by atoms with van der Waals surface area (Å²) in [6.45, 7) is 1.57. The Morgan fingerprint density at radius 3 is 2.48 bits per heavy atom. The summed E-state index contributed by atoms with van der Waals surface area (Å²) in [6, 6.07) is 9.74. The van der Waals surface area contributed by atoms with E-state index in [9.17, 15) is 0 Å². The van der Waals surface area contributed by atoms with Gasteiger partial charge in [-0.2, -0.15) is 0 Å². The summed E-state index contributed by atoms with van der Waals surface area (Å²) in [6.07, 6.45) is 0.730. The second kappa shape index (κ2) is 9.77. The summed E-state index contributed by atoms with van der Waals surface area (Å²) in [5.74, 6) is 4.17. The van der Waals surface area contributed by atoms with Gasteiger partial charge in [0, 0.05) is 25.7 Å². The van der Waals surface area contributed by atoms with Crippen LogP contribution in [0.4, 0.5) is 0 Å². The van der Waals surface area contributed by atoms with Crippen LogP contribution in [0.2, 0.25) is 0 Å². The predicted molar refractivity (Wildman–Crippen MR) is 111 cm³/mol. The molecule has 1 heterocycles. The molecule has 0 saturated carbocycles. The van der Waals surface area contributed by atoms with E-state index in [2.05, 4.69) is 15.6 Å². The fourth-order valence-corrected chi connectivity index (χ4v) is 3.13. The zero-order valence-corrected chi connectivity index (χ0v) is 17.2. The molecule has 156 valence electrons. The lowest BCUT2D eigenvalue weighted by molar-refractivity contribution is 0.174. The van der Waals surface area contributed by atoms with E-state index in [0.29, 0.717) is 36.3 Å². The molecule has 2 aromatic rings. The summed E-state index contributed by atoms with van der Waals surface area (Å²) < 4.78 is 27.1. The Hall–Kier alpha value is -3.29. The first-order valence-electron chi connectivity index (χ1n) is 9.31. The van der Waals surface area contributed by atoms with Crippen LogP contribution in [0.3, 0.4) is 0 Å². The monoisotopic (exact) mass is 401 g/mol. The number of aliphatic imine (C=N–C) groups is 1. The number of fused-ring (bicyclic) bond motifs is 1. The van der Waals surface area contributed by atoms with E-state index in [1.165, 1.54) is 0 Å². The van der Waals surface area contributed by atoms with Crippen molar-refractivity contribution in [2.24, 2.45) is 4.99 Å². The molecule has 2 aromatic carbocycles. The first-order chi connectivity index (χ1) is 14.2. The van der Waals surface area contributed by atoms with Crippen LogP contribution in [-0.4, -0.2) is 47.7 Å². The molecule has 0 saturated heterocycles. The third kappa shape index (κ3) is 4.77. The predicted octanol–water partition coefficient (Wildman–Crippen LogP) is 2.35. The van der Waals surface area contributed by atoms with Crippen LogP contribution in [0.25, 0.3) is 0 Å². The van der Waals surface area contributed by atoms with Crippen molar-refractivity contribution < 1.29 is 23.7 Å². The maximum absolute atomic E-state index is 5.53. The van der Waals surface area contributed by atoms with Gasteiger partial charge in [0.15, 0.2) is 29.0 Å². The van der Waals surface area contributed by atoms with Crippen LogP contribution in [-0.2, 0) is 13.0 Å². The summed E-state index contributed by atoms with van der Waals surface area (Å²) in [5, 5.41) is 6.61. The lowest BCUT2D eigenvalue weighted by Crippen LogP contribution is -2.37.